The standard InChI is InChI=1S/C21H28N6O2/c1-13(28)26-7-5-14(11-26)19-22-10-15-12-27(8-6-16(15)23-19)20(29)17-9-18(25-24-17)21(2,3)4/h9-10,14H,5-8,11-12H2,1-4H3,(H,24,25). The quantitative estimate of drug-likeness (QED) is 0.838. The molecule has 2 aromatic rings. The summed E-state index contributed by atoms with van der Waals surface area (Å²) < 4.78 is 0. The Bertz CT molecular complexity index is 945. The number of carbonyl (C=O) groups excluding carboxylic acids is 2. The molecule has 1 N–H and O–H groups in total. The van der Waals surface area contributed by atoms with E-state index in [2.05, 4.69) is 36.0 Å². The molecule has 0 spiro atoms. The van der Waals surface area contributed by atoms with Gasteiger partial charge in [0.15, 0.2) is 0 Å². The van der Waals surface area contributed by atoms with Crippen molar-refractivity contribution >= 4 is 11.8 Å². The minimum Gasteiger partial charge on any atom is -0.342 e. The topological polar surface area (TPSA) is 95.1 Å². The Morgan fingerprint density at radius 1 is 1.21 bits per heavy atom. The van der Waals surface area contributed by atoms with Crippen molar-refractivity contribution < 1.29 is 9.59 Å². The third-order valence-electron chi connectivity index (χ3n) is 5.84. The molecule has 2 aliphatic heterocycles. The zero-order valence-corrected chi connectivity index (χ0v) is 17.5. The summed E-state index contributed by atoms with van der Waals surface area (Å²) >= 11 is 0. The molecule has 29 heavy (non-hydrogen) atoms. The summed E-state index contributed by atoms with van der Waals surface area (Å²) in [6.45, 7) is 10.4. The van der Waals surface area contributed by atoms with Gasteiger partial charge in [-0.15, -0.1) is 0 Å². The molecule has 8 nitrogen and oxygen atoms in total. The summed E-state index contributed by atoms with van der Waals surface area (Å²) in [5.74, 6) is 1.05. The summed E-state index contributed by atoms with van der Waals surface area (Å²) in [7, 11) is 0. The molecule has 2 aliphatic rings. The van der Waals surface area contributed by atoms with Crippen molar-refractivity contribution in [2.24, 2.45) is 0 Å². The van der Waals surface area contributed by atoms with Gasteiger partial charge in [-0.25, -0.2) is 9.97 Å². The van der Waals surface area contributed by atoms with Crippen LogP contribution in [0.5, 0.6) is 0 Å². The molecule has 1 atom stereocenters. The Morgan fingerprint density at radius 3 is 2.66 bits per heavy atom. The zero-order valence-electron chi connectivity index (χ0n) is 17.5. The van der Waals surface area contributed by atoms with Crippen molar-refractivity contribution in [1.29, 1.82) is 0 Å². The van der Waals surface area contributed by atoms with Gasteiger partial charge < -0.3 is 9.80 Å². The van der Waals surface area contributed by atoms with Crippen molar-refractivity contribution in [3.8, 4) is 0 Å². The van der Waals surface area contributed by atoms with E-state index in [9.17, 15) is 9.59 Å². The number of nitrogens with one attached hydrogen (secondary N) is 1. The normalized spacial score (nSPS) is 19.4. The summed E-state index contributed by atoms with van der Waals surface area (Å²) in [4.78, 5) is 37.5. The molecular formula is C21H28N6O2. The van der Waals surface area contributed by atoms with Crippen molar-refractivity contribution in [1.82, 2.24) is 30.0 Å². The average molecular weight is 396 g/mol. The van der Waals surface area contributed by atoms with E-state index in [1.807, 2.05) is 17.2 Å². The van der Waals surface area contributed by atoms with Gasteiger partial charge in [0, 0.05) is 68.3 Å². The van der Waals surface area contributed by atoms with Gasteiger partial charge in [0.25, 0.3) is 5.91 Å². The molecular weight excluding hydrogens is 368 g/mol. The van der Waals surface area contributed by atoms with Crippen LogP contribution in [0, 0.1) is 0 Å². The van der Waals surface area contributed by atoms with Crippen LogP contribution < -0.4 is 0 Å². The number of carbonyl (C=O) groups is 2. The van der Waals surface area contributed by atoms with Crippen LogP contribution in [-0.2, 0) is 23.2 Å². The molecule has 154 valence electrons. The number of nitrogens with zero attached hydrogens (tertiary/aromatic N) is 5. The van der Waals surface area contributed by atoms with Crippen LogP contribution in [0.25, 0.3) is 0 Å². The van der Waals surface area contributed by atoms with Gasteiger partial charge in [-0.3, -0.25) is 14.7 Å². The van der Waals surface area contributed by atoms with E-state index in [1.165, 1.54) is 0 Å². The molecule has 0 radical (unpaired) electrons. The highest BCUT2D eigenvalue weighted by molar-refractivity contribution is 5.92. The minimum atomic E-state index is -0.0809. The third kappa shape index (κ3) is 3.88. The highest BCUT2D eigenvalue weighted by Gasteiger charge is 2.30. The highest BCUT2D eigenvalue weighted by Crippen LogP contribution is 2.27. The highest BCUT2D eigenvalue weighted by atomic mass is 16.2. The number of amides is 2. The molecule has 1 saturated heterocycles. The summed E-state index contributed by atoms with van der Waals surface area (Å²) in [5.41, 5.74) is 3.32. The van der Waals surface area contributed by atoms with Crippen molar-refractivity contribution in [2.45, 2.75) is 58.4 Å². The molecule has 2 aromatic heterocycles. The van der Waals surface area contributed by atoms with Gasteiger partial charge in [0.1, 0.15) is 11.5 Å². The largest absolute Gasteiger partial charge is 0.342 e. The summed E-state index contributed by atoms with van der Waals surface area (Å²) in [5, 5.41) is 7.21. The number of aromatic nitrogens is 4. The van der Waals surface area contributed by atoms with Crippen LogP contribution in [0.1, 0.15) is 73.3 Å². The van der Waals surface area contributed by atoms with E-state index < -0.39 is 0 Å². The lowest BCUT2D eigenvalue weighted by molar-refractivity contribution is -0.127. The van der Waals surface area contributed by atoms with Crippen molar-refractivity contribution in [3.05, 3.63) is 40.7 Å². The number of H-pyrrole nitrogens is 1. The number of fused-ring (bicyclic) bond motifs is 1. The van der Waals surface area contributed by atoms with Crippen molar-refractivity contribution in [2.75, 3.05) is 19.6 Å². The van der Waals surface area contributed by atoms with E-state index in [0.29, 0.717) is 31.7 Å². The Morgan fingerprint density at radius 2 is 2.00 bits per heavy atom. The molecule has 4 heterocycles. The molecule has 8 heteroatoms. The summed E-state index contributed by atoms with van der Waals surface area (Å²) in [6.07, 6.45) is 3.45. The molecule has 1 fully saturated rings. The minimum absolute atomic E-state index is 0.0700. The van der Waals surface area contributed by atoms with Crippen LogP contribution in [0.4, 0.5) is 0 Å². The maximum Gasteiger partial charge on any atom is 0.274 e. The molecule has 0 aliphatic carbocycles. The number of hydrogen-bond acceptors (Lipinski definition) is 5. The lowest BCUT2D eigenvalue weighted by Crippen LogP contribution is -2.37. The molecule has 1 unspecified atom stereocenters. The maximum absolute atomic E-state index is 12.9. The van der Waals surface area contributed by atoms with E-state index in [0.717, 1.165) is 35.7 Å². The first-order chi connectivity index (χ1) is 13.7. The molecule has 0 saturated carbocycles. The number of rotatable bonds is 2. The fourth-order valence-corrected chi connectivity index (χ4v) is 3.94. The Balaban J connectivity index is 1.46. The second-order valence-electron chi connectivity index (χ2n) is 9.04. The molecule has 0 aromatic carbocycles. The second kappa shape index (κ2) is 7.24. The van der Waals surface area contributed by atoms with Crippen LogP contribution in [0.15, 0.2) is 12.3 Å². The monoisotopic (exact) mass is 396 g/mol. The number of likely N-dealkylation sites (tertiary alicyclic amines) is 1. The third-order valence-corrected chi connectivity index (χ3v) is 5.84. The zero-order chi connectivity index (χ0) is 20.8. The molecule has 4 rings (SSSR count). The van der Waals surface area contributed by atoms with E-state index in [-0.39, 0.29) is 23.1 Å². The Hall–Kier alpha value is -2.77. The van der Waals surface area contributed by atoms with E-state index in [4.69, 9.17) is 4.98 Å². The van der Waals surface area contributed by atoms with E-state index >= 15 is 0 Å². The fraction of sp³-hybridized carbons (Fsp3) is 0.571. The first kappa shape index (κ1) is 19.5. The second-order valence-corrected chi connectivity index (χ2v) is 9.04. The van der Waals surface area contributed by atoms with Gasteiger partial charge in [-0.05, 0) is 12.5 Å². The summed E-state index contributed by atoms with van der Waals surface area (Å²) in [6, 6.07) is 1.85. The first-order valence-electron chi connectivity index (χ1n) is 10.2. The lowest BCUT2D eigenvalue weighted by atomic mass is 9.92. The first-order valence-corrected chi connectivity index (χ1v) is 10.2. The number of hydrogen-bond donors (Lipinski definition) is 1. The SMILES string of the molecule is CC(=O)N1CCC(c2ncc3c(n2)CCN(C(=O)c2cc(C(C)(C)C)[nH]n2)C3)C1. The molecule has 0 bridgehead atoms. The van der Waals surface area contributed by atoms with Gasteiger partial charge in [0.2, 0.25) is 5.91 Å². The van der Waals surface area contributed by atoms with Crippen LogP contribution in [-0.4, -0.2) is 61.4 Å². The molecule has 2 amide bonds. The van der Waals surface area contributed by atoms with E-state index in [1.54, 1.807) is 11.8 Å². The Kier molecular flexibility index (Phi) is 4.88. The van der Waals surface area contributed by atoms with Gasteiger partial charge in [-0.1, -0.05) is 20.8 Å². The van der Waals surface area contributed by atoms with Gasteiger partial charge in [-0.2, -0.15) is 5.10 Å². The average Bonchev–Trinajstić information content (AvgIpc) is 3.36. The Labute approximate surface area is 170 Å². The van der Waals surface area contributed by atoms with Crippen molar-refractivity contribution in [3.63, 3.8) is 0 Å². The predicted octanol–water partition coefficient (Wildman–Crippen LogP) is 2.03. The maximum atomic E-state index is 12.9. The van der Waals surface area contributed by atoms with Gasteiger partial charge >= 0.3 is 0 Å². The van der Waals surface area contributed by atoms with Crippen LogP contribution in [0.2, 0.25) is 0 Å². The van der Waals surface area contributed by atoms with Crippen LogP contribution in [0.3, 0.4) is 0 Å². The van der Waals surface area contributed by atoms with Crippen LogP contribution >= 0.6 is 0 Å². The van der Waals surface area contributed by atoms with Gasteiger partial charge in [0.05, 0.1) is 5.69 Å². The lowest BCUT2D eigenvalue weighted by Gasteiger charge is -2.28. The smallest absolute Gasteiger partial charge is 0.274 e. The number of aromatic amines is 1. The predicted molar refractivity (Wildman–Crippen MR) is 107 cm³/mol. The fourth-order valence-electron chi connectivity index (χ4n) is 3.94.